The molecule has 5 nitrogen and oxygen atoms in total. The van der Waals surface area contributed by atoms with Crippen LogP contribution in [0, 0.1) is 11.8 Å². The molecule has 5 heteroatoms. The first kappa shape index (κ1) is 13.5. The van der Waals surface area contributed by atoms with Gasteiger partial charge < -0.3 is 5.32 Å². The standard InChI is InChI=1S/C16H17N3O2/c1-10-2-7-13(10)16(21)17-12-5-3-11(4-6-12)14-8-9-15(20)19-18-14/h3-6,8-10,13H,2,7H2,1H3,(H,17,21)(H,19,20)/t10-,13-/m1/s1. The molecule has 0 radical (unpaired) electrons. The maximum Gasteiger partial charge on any atom is 0.264 e. The molecule has 108 valence electrons. The van der Waals surface area contributed by atoms with Gasteiger partial charge in [-0.2, -0.15) is 5.10 Å². The van der Waals surface area contributed by atoms with Gasteiger partial charge in [0.05, 0.1) is 5.69 Å². The monoisotopic (exact) mass is 283 g/mol. The van der Waals surface area contributed by atoms with E-state index in [1.54, 1.807) is 6.07 Å². The van der Waals surface area contributed by atoms with Gasteiger partial charge in [0.25, 0.3) is 5.56 Å². The minimum absolute atomic E-state index is 0.101. The number of carbonyl (C=O) groups is 1. The topological polar surface area (TPSA) is 74.8 Å². The molecule has 2 N–H and O–H groups in total. The Balaban J connectivity index is 1.70. The summed E-state index contributed by atoms with van der Waals surface area (Å²) in [6.07, 6.45) is 2.11. The molecule has 1 aromatic heterocycles. The van der Waals surface area contributed by atoms with E-state index >= 15 is 0 Å². The number of benzene rings is 1. The Bertz CT molecular complexity index is 686. The lowest BCUT2D eigenvalue weighted by Gasteiger charge is -2.32. The number of hydrogen-bond donors (Lipinski definition) is 2. The molecule has 2 atom stereocenters. The van der Waals surface area contributed by atoms with Crippen LogP contribution >= 0.6 is 0 Å². The summed E-state index contributed by atoms with van der Waals surface area (Å²) in [5.74, 6) is 0.726. The summed E-state index contributed by atoms with van der Waals surface area (Å²) in [6.45, 7) is 2.11. The zero-order valence-corrected chi connectivity index (χ0v) is 11.8. The van der Waals surface area contributed by atoms with E-state index in [-0.39, 0.29) is 17.4 Å². The smallest absolute Gasteiger partial charge is 0.264 e. The third-order valence-electron chi connectivity index (χ3n) is 4.08. The predicted molar refractivity (Wildman–Crippen MR) is 80.8 cm³/mol. The Morgan fingerprint density at radius 1 is 1.19 bits per heavy atom. The number of aromatic amines is 1. The molecule has 0 aliphatic heterocycles. The zero-order chi connectivity index (χ0) is 14.8. The van der Waals surface area contributed by atoms with E-state index in [2.05, 4.69) is 22.4 Å². The van der Waals surface area contributed by atoms with E-state index in [9.17, 15) is 9.59 Å². The molecule has 1 saturated carbocycles. The van der Waals surface area contributed by atoms with Crippen LogP contribution in [0.4, 0.5) is 5.69 Å². The van der Waals surface area contributed by atoms with Crippen LogP contribution in [0.15, 0.2) is 41.2 Å². The van der Waals surface area contributed by atoms with Crippen molar-refractivity contribution >= 4 is 11.6 Å². The number of nitrogens with one attached hydrogen (secondary N) is 2. The first-order chi connectivity index (χ1) is 10.1. The van der Waals surface area contributed by atoms with E-state index in [1.807, 2.05) is 24.3 Å². The van der Waals surface area contributed by atoms with Gasteiger partial charge in [-0.25, -0.2) is 5.10 Å². The number of rotatable bonds is 3. The highest BCUT2D eigenvalue weighted by atomic mass is 16.2. The van der Waals surface area contributed by atoms with Crippen molar-refractivity contribution < 1.29 is 4.79 Å². The molecule has 0 saturated heterocycles. The van der Waals surface area contributed by atoms with E-state index in [0.717, 1.165) is 24.1 Å². The van der Waals surface area contributed by atoms with Crippen LogP contribution in [-0.4, -0.2) is 16.1 Å². The quantitative estimate of drug-likeness (QED) is 0.908. The number of anilines is 1. The molecule has 0 bridgehead atoms. The Morgan fingerprint density at radius 3 is 2.48 bits per heavy atom. The lowest BCUT2D eigenvalue weighted by atomic mass is 9.74. The molecule has 1 aromatic carbocycles. The first-order valence-corrected chi connectivity index (χ1v) is 7.10. The second-order valence-corrected chi connectivity index (χ2v) is 5.53. The second-order valence-electron chi connectivity index (χ2n) is 5.53. The summed E-state index contributed by atoms with van der Waals surface area (Å²) in [7, 11) is 0. The summed E-state index contributed by atoms with van der Waals surface area (Å²) in [5, 5.41) is 9.32. The van der Waals surface area contributed by atoms with Crippen molar-refractivity contribution in [2.75, 3.05) is 5.32 Å². The Hall–Kier alpha value is -2.43. The summed E-state index contributed by atoms with van der Waals surface area (Å²) < 4.78 is 0. The van der Waals surface area contributed by atoms with Crippen molar-refractivity contribution in [2.24, 2.45) is 11.8 Å². The van der Waals surface area contributed by atoms with Crippen LogP contribution in [0.1, 0.15) is 19.8 Å². The summed E-state index contributed by atoms with van der Waals surface area (Å²) >= 11 is 0. The van der Waals surface area contributed by atoms with Gasteiger partial charge in [0, 0.05) is 23.2 Å². The van der Waals surface area contributed by atoms with E-state index in [1.165, 1.54) is 6.07 Å². The number of hydrogen-bond acceptors (Lipinski definition) is 3. The van der Waals surface area contributed by atoms with E-state index < -0.39 is 0 Å². The summed E-state index contributed by atoms with van der Waals surface area (Å²) in [5.41, 5.74) is 2.14. The SMILES string of the molecule is C[C@@H]1CC[C@H]1C(=O)Nc1ccc(-c2ccc(=O)[nH]n2)cc1. The van der Waals surface area contributed by atoms with Gasteiger partial charge >= 0.3 is 0 Å². The molecule has 1 heterocycles. The average Bonchev–Trinajstić information content (AvgIpc) is 2.47. The molecule has 1 fully saturated rings. The lowest BCUT2D eigenvalue weighted by Crippen LogP contribution is -2.35. The van der Waals surface area contributed by atoms with Crippen LogP contribution in [0.5, 0.6) is 0 Å². The number of aromatic nitrogens is 2. The van der Waals surface area contributed by atoms with Crippen LogP contribution in [0.2, 0.25) is 0 Å². The van der Waals surface area contributed by atoms with Gasteiger partial charge in [-0.05, 0) is 37.0 Å². The molecule has 2 aromatic rings. The van der Waals surface area contributed by atoms with Crippen LogP contribution < -0.4 is 10.9 Å². The third kappa shape index (κ3) is 2.86. The van der Waals surface area contributed by atoms with Crippen molar-refractivity contribution in [2.45, 2.75) is 19.8 Å². The molecule has 0 spiro atoms. The molecular formula is C16H17N3O2. The first-order valence-electron chi connectivity index (χ1n) is 7.10. The normalized spacial score (nSPS) is 20.6. The highest BCUT2D eigenvalue weighted by Gasteiger charge is 2.32. The maximum atomic E-state index is 12.0. The maximum absolute atomic E-state index is 12.0. The minimum Gasteiger partial charge on any atom is -0.326 e. The fourth-order valence-corrected chi connectivity index (χ4v) is 2.52. The van der Waals surface area contributed by atoms with Gasteiger partial charge in [0.1, 0.15) is 0 Å². The van der Waals surface area contributed by atoms with Crippen LogP contribution in [0.25, 0.3) is 11.3 Å². The van der Waals surface area contributed by atoms with Crippen molar-refractivity contribution in [1.82, 2.24) is 10.2 Å². The van der Waals surface area contributed by atoms with Gasteiger partial charge in [0.2, 0.25) is 5.91 Å². The fourth-order valence-electron chi connectivity index (χ4n) is 2.52. The second kappa shape index (κ2) is 5.52. The molecule has 21 heavy (non-hydrogen) atoms. The fraction of sp³-hybridized carbons (Fsp3) is 0.312. The van der Waals surface area contributed by atoms with Crippen molar-refractivity contribution in [1.29, 1.82) is 0 Å². The summed E-state index contributed by atoms with van der Waals surface area (Å²) in [6, 6.07) is 10.6. The zero-order valence-electron chi connectivity index (χ0n) is 11.8. The van der Waals surface area contributed by atoms with E-state index in [4.69, 9.17) is 0 Å². The Kier molecular flexibility index (Phi) is 3.56. The molecule has 0 unspecified atom stereocenters. The number of amides is 1. The van der Waals surface area contributed by atoms with Gasteiger partial charge in [-0.1, -0.05) is 19.1 Å². The van der Waals surface area contributed by atoms with Crippen LogP contribution in [0.3, 0.4) is 0 Å². The van der Waals surface area contributed by atoms with Gasteiger partial charge in [0.15, 0.2) is 0 Å². The number of nitrogens with zero attached hydrogens (tertiary/aromatic N) is 1. The van der Waals surface area contributed by atoms with Crippen LogP contribution in [-0.2, 0) is 4.79 Å². The summed E-state index contributed by atoms with van der Waals surface area (Å²) in [4.78, 5) is 23.0. The molecule has 1 amide bonds. The van der Waals surface area contributed by atoms with Crippen molar-refractivity contribution in [3.8, 4) is 11.3 Å². The minimum atomic E-state index is -0.225. The highest BCUT2D eigenvalue weighted by Crippen LogP contribution is 2.34. The Morgan fingerprint density at radius 2 is 1.95 bits per heavy atom. The molecular weight excluding hydrogens is 266 g/mol. The molecule has 3 rings (SSSR count). The van der Waals surface area contributed by atoms with Gasteiger partial charge in [-0.3, -0.25) is 9.59 Å². The lowest BCUT2D eigenvalue weighted by molar-refractivity contribution is -0.124. The average molecular weight is 283 g/mol. The van der Waals surface area contributed by atoms with Gasteiger partial charge in [-0.15, -0.1) is 0 Å². The molecule has 1 aliphatic carbocycles. The predicted octanol–water partition coefficient (Wildman–Crippen LogP) is 2.42. The number of H-pyrrole nitrogens is 1. The largest absolute Gasteiger partial charge is 0.326 e. The van der Waals surface area contributed by atoms with E-state index in [0.29, 0.717) is 11.6 Å². The highest BCUT2D eigenvalue weighted by molar-refractivity contribution is 5.93. The van der Waals surface area contributed by atoms with Crippen molar-refractivity contribution in [3.05, 3.63) is 46.8 Å². The van der Waals surface area contributed by atoms with Crippen molar-refractivity contribution in [3.63, 3.8) is 0 Å². The number of carbonyl (C=O) groups excluding carboxylic acids is 1. The third-order valence-corrected chi connectivity index (χ3v) is 4.08. The Labute approximate surface area is 122 Å². The molecule has 1 aliphatic rings.